The molecule has 1 aliphatic carbocycles. The fourth-order valence-corrected chi connectivity index (χ4v) is 7.27. The zero-order chi connectivity index (χ0) is 46.8. The Hall–Kier alpha value is -5.94. The van der Waals surface area contributed by atoms with E-state index in [0.717, 1.165) is 28.2 Å². The van der Waals surface area contributed by atoms with Crippen LogP contribution < -0.4 is 15.0 Å². The Balaban J connectivity index is 1.41. The third-order valence-electron chi connectivity index (χ3n) is 9.91. The Bertz CT molecular complexity index is 2310. The molecule has 0 aliphatic heterocycles. The van der Waals surface area contributed by atoms with Crippen LogP contribution in [0.15, 0.2) is 42.6 Å². The van der Waals surface area contributed by atoms with E-state index in [1.54, 1.807) is 86.3 Å². The standard InChI is InChI=1S/C45H58F3N7O8/c1-13-26-20-27(33-24-35(52-53(33)11)50-36(56)23-28-22-30(45(46,47)48)14-19-34(28)60-12)21-29-25-49-38(51-37(26)29)54(39(57)61-42(2,3)4)31-15-17-32(18-16-31)55(40(58)62-43(5,6)7)41(59)63-44(8,9)10/h14,19-22,24-25,31-32H,13,15-18,23H2,1-12H3,(H,50,52,56). The molecule has 2 heterocycles. The number of benzene rings is 2. The highest BCUT2D eigenvalue weighted by Gasteiger charge is 2.42. The summed E-state index contributed by atoms with van der Waals surface area (Å²) in [6.07, 6.45) is -3.64. The van der Waals surface area contributed by atoms with Crippen LogP contribution in [0.1, 0.15) is 112 Å². The smallest absolute Gasteiger partial charge is 0.420 e. The number of anilines is 2. The van der Waals surface area contributed by atoms with Gasteiger partial charge in [0, 0.05) is 47.9 Å². The molecule has 5 rings (SSSR count). The molecule has 18 heteroatoms. The van der Waals surface area contributed by atoms with E-state index in [-0.39, 0.29) is 29.5 Å². The average molecular weight is 882 g/mol. The number of methoxy groups -OCH3 is 1. The molecule has 1 aliphatic rings. The van der Waals surface area contributed by atoms with Crippen molar-refractivity contribution in [1.29, 1.82) is 0 Å². The Kier molecular flexibility index (Phi) is 14.1. The van der Waals surface area contributed by atoms with Crippen LogP contribution in [0.3, 0.4) is 0 Å². The molecule has 342 valence electrons. The number of aryl methyl sites for hydroxylation is 2. The number of fused-ring (bicyclic) bond motifs is 1. The minimum atomic E-state index is -4.59. The Morgan fingerprint density at radius 1 is 0.794 bits per heavy atom. The number of alkyl halides is 3. The summed E-state index contributed by atoms with van der Waals surface area (Å²) in [4.78, 5) is 66.0. The summed E-state index contributed by atoms with van der Waals surface area (Å²) in [6.45, 7) is 17.6. The monoisotopic (exact) mass is 881 g/mol. The first-order valence-corrected chi connectivity index (χ1v) is 20.8. The van der Waals surface area contributed by atoms with Gasteiger partial charge in [-0.05, 0) is 130 Å². The highest BCUT2D eigenvalue weighted by Crippen LogP contribution is 2.36. The number of nitrogens with zero attached hydrogens (tertiary/aromatic N) is 6. The largest absolute Gasteiger partial charge is 0.496 e. The summed E-state index contributed by atoms with van der Waals surface area (Å²) < 4.78 is 64.1. The van der Waals surface area contributed by atoms with E-state index in [0.29, 0.717) is 48.7 Å². The predicted molar refractivity (Wildman–Crippen MR) is 231 cm³/mol. The maximum absolute atomic E-state index is 14.0. The lowest BCUT2D eigenvalue weighted by Gasteiger charge is -2.39. The Labute approximate surface area is 365 Å². The van der Waals surface area contributed by atoms with Gasteiger partial charge in [0.15, 0.2) is 5.82 Å². The van der Waals surface area contributed by atoms with Crippen molar-refractivity contribution in [3.8, 4) is 17.0 Å². The summed E-state index contributed by atoms with van der Waals surface area (Å²) in [5.74, 6) is -0.118. The van der Waals surface area contributed by atoms with Gasteiger partial charge in [-0.2, -0.15) is 18.3 Å². The van der Waals surface area contributed by atoms with E-state index >= 15 is 0 Å². The van der Waals surface area contributed by atoms with Gasteiger partial charge in [0.2, 0.25) is 11.9 Å². The molecule has 0 saturated heterocycles. The number of hydrogen-bond acceptors (Lipinski definition) is 11. The lowest BCUT2D eigenvalue weighted by atomic mass is 9.89. The summed E-state index contributed by atoms with van der Waals surface area (Å²) in [6, 6.07) is 7.41. The van der Waals surface area contributed by atoms with Crippen LogP contribution in [-0.2, 0) is 45.1 Å². The van der Waals surface area contributed by atoms with Crippen LogP contribution in [0.5, 0.6) is 5.75 Å². The van der Waals surface area contributed by atoms with Crippen molar-refractivity contribution in [3.63, 3.8) is 0 Å². The number of carbonyl (C=O) groups excluding carboxylic acids is 4. The molecular formula is C45H58F3N7O8. The van der Waals surface area contributed by atoms with Crippen molar-refractivity contribution in [3.05, 3.63) is 59.3 Å². The third kappa shape index (κ3) is 12.4. The van der Waals surface area contributed by atoms with Crippen molar-refractivity contribution < 1.29 is 51.3 Å². The van der Waals surface area contributed by atoms with Crippen molar-refractivity contribution >= 4 is 46.9 Å². The topological polar surface area (TPSA) is 167 Å². The van der Waals surface area contributed by atoms with Gasteiger partial charge in [0.05, 0.1) is 30.3 Å². The lowest BCUT2D eigenvalue weighted by Crippen LogP contribution is -2.52. The number of rotatable bonds is 9. The number of nitrogens with one attached hydrogen (secondary N) is 1. The fourth-order valence-electron chi connectivity index (χ4n) is 7.27. The van der Waals surface area contributed by atoms with Crippen molar-refractivity contribution in [1.82, 2.24) is 24.6 Å². The quantitative estimate of drug-likeness (QED) is 0.159. The summed E-state index contributed by atoms with van der Waals surface area (Å²) >= 11 is 0. The summed E-state index contributed by atoms with van der Waals surface area (Å²) in [7, 11) is 3.02. The molecule has 15 nitrogen and oxygen atoms in total. The van der Waals surface area contributed by atoms with Crippen LogP contribution in [0.2, 0.25) is 0 Å². The van der Waals surface area contributed by atoms with Gasteiger partial charge in [-0.3, -0.25) is 9.48 Å². The molecule has 2 aromatic heterocycles. The Morgan fingerprint density at radius 3 is 1.90 bits per heavy atom. The van der Waals surface area contributed by atoms with Gasteiger partial charge >= 0.3 is 24.5 Å². The molecule has 0 atom stereocenters. The molecule has 4 amide bonds. The first-order chi connectivity index (χ1) is 29.2. The van der Waals surface area contributed by atoms with E-state index < -0.39 is 64.8 Å². The molecule has 0 unspecified atom stereocenters. The maximum atomic E-state index is 14.0. The first-order valence-electron chi connectivity index (χ1n) is 20.8. The summed E-state index contributed by atoms with van der Waals surface area (Å²) in [5.41, 5.74) is -0.602. The second-order valence-electron chi connectivity index (χ2n) is 18.5. The molecular weight excluding hydrogens is 824 g/mol. The Morgan fingerprint density at radius 2 is 1.37 bits per heavy atom. The molecule has 0 radical (unpaired) electrons. The van der Waals surface area contributed by atoms with Crippen LogP contribution in [0.4, 0.5) is 39.3 Å². The molecule has 1 saturated carbocycles. The van der Waals surface area contributed by atoms with E-state index in [4.69, 9.17) is 23.9 Å². The number of ether oxygens (including phenoxy) is 4. The second kappa shape index (κ2) is 18.4. The molecule has 1 N–H and O–H groups in total. The van der Waals surface area contributed by atoms with Crippen LogP contribution >= 0.6 is 0 Å². The van der Waals surface area contributed by atoms with E-state index in [1.807, 2.05) is 19.1 Å². The molecule has 2 aromatic carbocycles. The molecule has 0 bridgehead atoms. The van der Waals surface area contributed by atoms with Gasteiger partial charge in [-0.15, -0.1) is 0 Å². The van der Waals surface area contributed by atoms with E-state index in [9.17, 15) is 32.3 Å². The minimum absolute atomic E-state index is 0.0726. The number of carbonyl (C=O) groups is 4. The number of imide groups is 1. The zero-order valence-corrected chi connectivity index (χ0v) is 38.0. The van der Waals surface area contributed by atoms with Gasteiger partial charge in [0.1, 0.15) is 22.6 Å². The predicted octanol–water partition coefficient (Wildman–Crippen LogP) is 10.0. The fraction of sp³-hybridized carbons (Fsp3) is 0.533. The average Bonchev–Trinajstić information content (AvgIpc) is 3.51. The van der Waals surface area contributed by atoms with Crippen molar-refractivity contribution in [2.24, 2.45) is 7.05 Å². The SMILES string of the molecule is CCc1cc(-c2cc(NC(=O)Cc3cc(C(F)(F)F)ccc3OC)nn2C)cc2cnc(N(C(=O)OC(C)(C)C)C3CCC(N(C(=O)OC(C)(C)C)C(=O)OC(C)(C)C)CC3)nc12. The van der Waals surface area contributed by atoms with Gasteiger partial charge < -0.3 is 24.3 Å². The van der Waals surface area contributed by atoms with E-state index in [2.05, 4.69) is 15.4 Å². The normalized spacial score (nSPS) is 16.0. The van der Waals surface area contributed by atoms with Gasteiger partial charge in [-0.25, -0.2) is 34.2 Å². The molecule has 63 heavy (non-hydrogen) atoms. The lowest BCUT2D eigenvalue weighted by molar-refractivity contribution is -0.137. The first kappa shape index (κ1) is 48.1. The number of halogens is 3. The minimum Gasteiger partial charge on any atom is -0.496 e. The molecule has 1 fully saturated rings. The molecule has 4 aromatic rings. The van der Waals surface area contributed by atoms with Crippen LogP contribution in [0.25, 0.3) is 22.2 Å². The number of hydrogen-bond donors (Lipinski definition) is 1. The highest BCUT2D eigenvalue weighted by atomic mass is 19.4. The molecule has 0 spiro atoms. The van der Waals surface area contributed by atoms with Crippen LogP contribution in [-0.4, -0.2) is 84.8 Å². The van der Waals surface area contributed by atoms with Crippen molar-refractivity contribution in [2.75, 3.05) is 17.3 Å². The second-order valence-corrected chi connectivity index (χ2v) is 18.5. The number of amides is 4. The number of aromatic nitrogens is 4. The van der Waals surface area contributed by atoms with Gasteiger partial charge in [-0.1, -0.05) is 6.92 Å². The van der Waals surface area contributed by atoms with Crippen LogP contribution in [0, 0.1) is 0 Å². The maximum Gasteiger partial charge on any atom is 0.420 e. The highest BCUT2D eigenvalue weighted by molar-refractivity contribution is 5.94. The van der Waals surface area contributed by atoms with E-state index in [1.165, 1.54) is 18.1 Å². The van der Waals surface area contributed by atoms with Crippen molar-refractivity contribution in [2.45, 2.75) is 143 Å². The van der Waals surface area contributed by atoms with Gasteiger partial charge in [0.25, 0.3) is 0 Å². The zero-order valence-electron chi connectivity index (χ0n) is 38.0. The third-order valence-corrected chi connectivity index (χ3v) is 9.91. The summed E-state index contributed by atoms with van der Waals surface area (Å²) in [5, 5.41) is 7.78.